The normalized spacial score (nSPS) is 11.8. The highest BCUT2D eigenvalue weighted by atomic mass is 19.1. The number of benzene rings is 2. The molecule has 0 aliphatic heterocycles. The van der Waals surface area contributed by atoms with Crippen LogP contribution in [-0.4, -0.2) is 37.7 Å². The monoisotopic (exact) mass is 384 g/mol. The third-order valence-corrected chi connectivity index (χ3v) is 4.03. The maximum Gasteiger partial charge on any atom is 0.319 e. The van der Waals surface area contributed by atoms with Gasteiger partial charge in [-0.1, -0.05) is 12.1 Å². The maximum absolute atomic E-state index is 13.5. The molecule has 0 saturated heterocycles. The molecule has 0 heterocycles. The van der Waals surface area contributed by atoms with Crippen molar-refractivity contribution in [2.75, 3.05) is 26.0 Å². The van der Waals surface area contributed by atoms with Gasteiger partial charge in [0.05, 0.1) is 29.5 Å². The van der Waals surface area contributed by atoms with Crippen molar-refractivity contribution in [2.45, 2.75) is 26.0 Å². The summed E-state index contributed by atoms with van der Waals surface area (Å²) in [4.78, 5) is 14.3. The minimum atomic E-state index is -0.438. The van der Waals surface area contributed by atoms with Crippen LogP contribution in [-0.2, 0) is 0 Å². The van der Waals surface area contributed by atoms with E-state index in [0.717, 1.165) is 5.56 Å². The van der Waals surface area contributed by atoms with Gasteiger partial charge in [-0.3, -0.25) is 0 Å². The maximum atomic E-state index is 13.5. The van der Waals surface area contributed by atoms with E-state index in [0.29, 0.717) is 17.0 Å². The van der Waals surface area contributed by atoms with Gasteiger partial charge in [-0.15, -0.1) is 0 Å². The van der Waals surface area contributed by atoms with Crippen molar-refractivity contribution in [2.24, 2.45) is 0 Å². The number of nitriles is 1. The number of nitrogens with zero attached hydrogens (tertiary/aromatic N) is 2. The molecule has 148 valence electrons. The van der Waals surface area contributed by atoms with Crippen LogP contribution in [0.25, 0.3) is 0 Å². The second-order valence-corrected chi connectivity index (χ2v) is 6.86. The quantitative estimate of drug-likeness (QED) is 0.759. The number of likely N-dealkylation sites (N-methyl/N-ethyl adjacent to an activating group) is 1. The van der Waals surface area contributed by atoms with Crippen LogP contribution in [0.2, 0.25) is 0 Å². The highest BCUT2D eigenvalue weighted by Crippen LogP contribution is 2.27. The molecule has 2 aromatic carbocycles. The molecule has 7 heteroatoms. The number of urea groups is 1. The average molecular weight is 384 g/mol. The van der Waals surface area contributed by atoms with Crippen molar-refractivity contribution in [3.63, 3.8) is 0 Å². The molecule has 0 aliphatic carbocycles. The molecule has 0 radical (unpaired) electrons. The molecule has 0 fully saturated rings. The minimum absolute atomic E-state index is 0.0809. The average Bonchev–Trinajstić information content (AvgIpc) is 2.62. The number of carbonyl (C=O) groups excluding carboxylic acids is 1. The Morgan fingerprint density at radius 1 is 1.25 bits per heavy atom. The first-order valence-corrected chi connectivity index (χ1v) is 8.97. The van der Waals surface area contributed by atoms with Gasteiger partial charge >= 0.3 is 6.03 Å². The van der Waals surface area contributed by atoms with E-state index in [-0.39, 0.29) is 24.5 Å². The van der Waals surface area contributed by atoms with Gasteiger partial charge < -0.3 is 20.3 Å². The predicted molar refractivity (Wildman–Crippen MR) is 107 cm³/mol. The first kappa shape index (κ1) is 21.2. The highest BCUT2D eigenvalue weighted by molar-refractivity contribution is 5.91. The van der Waals surface area contributed by atoms with Gasteiger partial charge in [-0.05, 0) is 63.8 Å². The Bertz CT molecular complexity index is 862. The molecule has 1 unspecified atom stereocenters. The van der Waals surface area contributed by atoms with Gasteiger partial charge in [0.2, 0.25) is 0 Å². The molecule has 2 amide bonds. The molecule has 0 aromatic heterocycles. The molecule has 0 saturated carbocycles. The van der Waals surface area contributed by atoms with Gasteiger partial charge in [-0.25, -0.2) is 9.18 Å². The van der Waals surface area contributed by atoms with E-state index in [2.05, 4.69) is 10.6 Å². The molecular formula is C21H25FN4O2. The summed E-state index contributed by atoms with van der Waals surface area (Å²) in [7, 11) is 3.72. The summed E-state index contributed by atoms with van der Waals surface area (Å²) in [5.74, 6) is 0.163. The van der Waals surface area contributed by atoms with Gasteiger partial charge in [0.15, 0.2) is 0 Å². The van der Waals surface area contributed by atoms with Crippen LogP contribution >= 0.6 is 0 Å². The van der Waals surface area contributed by atoms with Crippen LogP contribution in [0, 0.1) is 17.1 Å². The summed E-state index contributed by atoms with van der Waals surface area (Å²) in [6.45, 7) is 4.03. The van der Waals surface area contributed by atoms with Crippen molar-refractivity contribution >= 4 is 11.7 Å². The van der Waals surface area contributed by atoms with Crippen LogP contribution in [0.4, 0.5) is 14.9 Å². The van der Waals surface area contributed by atoms with E-state index in [9.17, 15) is 9.18 Å². The molecule has 2 aromatic rings. The lowest BCUT2D eigenvalue weighted by atomic mass is 10.1. The number of anilines is 1. The van der Waals surface area contributed by atoms with E-state index in [1.165, 1.54) is 12.1 Å². The predicted octanol–water partition coefficient (Wildman–Crippen LogP) is 3.91. The molecule has 28 heavy (non-hydrogen) atoms. The van der Waals surface area contributed by atoms with E-state index >= 15 is 0 Å². The summed E-state index contributed by atoms with van der Waals surface area (Å²) in [6, 6.07) is 12.6. The zero-order chi connectivity index (χ0) is 20.7. The molecule has 1 atom stereocenters. The van der Waals surface area contributed by atoms with Crippen LogP contribution in [0.1, 0.15) is 31.0 Å². The molecule has 2 N–H and O–H groups in total. The van der Waals surface area contributed by atoms with E-state index in [1.54, 1.807) is 24.3 Å². The number of halogens is 1. The number of hydrogen-bond donors (Lipinski definition) is 2. The Morgan fingerprint density at radius 2 is 2.00 bits per heavy atom. The molecule has 2 rings (SSSR count). The Balaban J connectivity index is 2.09. The van der Waals surface area contributed by atoms with Crippen LogP contribution in [0.5, 0.6) is 5.75 Å². The van der Waals surface area contributed by atoms with E-state index in [1.807, 2.05) is 45.0 Å². The lowest BCUT2D eigenvalue weighted by Crippen LogP contribution is -2.37. The fourth-order valence-corrected chi connectivity index (χ4v) is 2.72. The number of carbonyl (C=O) groups is 1. The number of nitrogens with one attached hydrogen (secondary N) is 2. The molecular weight excluding hydrogens is 359 g/mol. The Kier molecular flexibility index (Phi) is 7.36. The summed E-state index contributed by atoms with van der Waals surface area (Å²) in [6.07, 6.45) is -0.0809. The zero-order valence-electron chi connectivity index (χ0n) is 16.5. The third-order valence-electron chi connectivity index (χ3n) is 4.03. The van der Waals surface area contributed by atoms with Crippen LogP contribution in [0.3, 0.4) is 0 Å². The fourth-order valence-electron chi connectivity index (χ4n) is 2.72. The van der Waals surface area contributed by atoms with Gasteiger partial charge in [0.1, 0.15) is 11.6 Å². The summed E-state index contributed by atoms with van der Waals surface area (Å²) in [5.41, 5.74) is 1.59. The van der Waals surface area contributed by atoms with Crippen molar-refractivity contribution < 1.29 is 13.9 Å². The van der Waals surface area contributed by atoms with Gasteiger partial charge in [0.25, 0.3) is 0 Å². The first-order chi connectivity index (χ1) is 13.3. The van der Waals surface area contributed by atoms with E-state index < -0.39 is 6.03 Å². The number of rotatable bonds is 7. The van der Waals surface area contributed by atoms with Crippen LogP contribution in [0.15, 0.2) is 42.5 Å². The highest BCUT2D eigenvalue weighted by Gasteiger charge is 2.17. The lowest BCUT2D eigenvalue weighted by Gasteiger charge is -2.25. The fraction of sp³-hybridized carbons (Fsp3) is 0.333. The third kappa shape index (κ3) is 5.96. The first-order valence-electron chi connectivity index (χ1n) is 8.97. The van der Waals surface area contributed by atoms with Crippen molar-refractivity contribution in [3.8, 4) is 11.8 Å². The largest absolute Gasteiger partial charge is 0.489 e. The summed E-state index contributed by atoms with van der Waals surface area (Å²) in [5, 5.41) is 14.6. The number of ether oxygens (including phenoxy) is 1. The molecule has 0 spiro atoms. The van der Waals surface area contributed by atoms with Crippen molar-refractivity contribution in [3.05, 3.63) is 59.4 Å². The Labute approximate surface area is 164 Å². The molecule has 0 bridgehead atoms. The number of amides is 2. The SMILES string of the molecule is CC(C)Oc1ccc(C#N)cc1NC(=O)NCC(c1cccc(F)c1)N(C)C. The molecule has 6 nitrogen and oxygen atoms in total. The Hall–Kier alpha value is -3.11. The van der Waals surface area contributed by atoms with Gasteiger partial charge in [0, 0.05) is 6.54 Å². The van der Waals surface area contributed by atoms with Gasteiger partial charge in [-0.2, -0.15) is 5.26 Å². The topological polar surface area (TPSA) is 77.4 Å². The second-order valence-electron chi connectivity index (χ2n) is 6.86. The zero-order valence-corrected chi connectivity index (χ0v) is 16.5. The van der Waals surface area contributed by atoms with Crippen molar-refractivity contribution in [1.29, 1.82) is 5.26 Å². The second kappa shape index (κ2) is 9.72. The van der Waals surface area contributed by atoms with Crippen LogP contribution < -0.4 is 15.4 Å². The number of hydrogen-bond acceptors (Lipinski definition) is 4. The molecule has 0 aliphatic rings. The lowest BCUT2D eigenvalue weighted by molar-refractivity contribution is 0.239. The van der Waals surface area contributed by atoms with E-state index in [4.69, 9.17) is 10.00 Å². The smallest absolute Gasteiger partial charge is 0.319 e. The van der Waals surface area contributed by atoms with Crippen molar-refractivity contribution in [1.82, 2.24) is 10.2 Å². The standard InChI is InChI=1S/C21H25FN4O2/c1-14(2)28-20-9-8-15(12-23)10-18(20)25-21(27)24-13-19(26(3)4)16-6-5-7-17(22)11-16/h5-11,14,19H,13H2,1-4H3,(H2,24,25,27). The Morgan fingerprint density at radius 3 is 2.61 bits per heavy atom. The summed E-state index contributed by atoms with van der Waals surface area (Å²) >= 11 is 0. The minimum Gasteiger partial charge on any atom is -0.489 e. The summed E-state index contributed by atoms with van der Waals surface area (Å²) < 4.78 is 19.2.